The van der Waals surface area contributed by atoms with Crippen LogP contribution in [0.3, 0.4) is 0 Å². The van der Waals surface area contributed by atoms with Crippen LogP contribution in [0.1, 0.15) is 36.8 Å². The van der Waals surface area contributed by atoms with Crippen LogP contribution in [0.25, 0.3) is 0 Å². The molecule has 21 heavy (non-hydrogen) atoms. The number of benzene rings is 1. The Labute approximate surface area is 127 Å². The van der Waals surface area contributed by atoms with Gasteiger partial charge in [-0.1, -0.05) is 6.07 Å². The van der Waals surface area contributed by atoms with Gasteiger partial charge in [0.25, 0.3) is 0 Å². The highest BCUT2D eigenvalue weighted by Gasteiger charge is 2.19. The van der Waals surface area contributed by atoms with Crippen molar-refractivity contribution in [1.82, 2.24) is 10.0 Å². The van der Waals surface area contributed by atoms with Gasteiger partial charge < -0.3 is 5.32 Å². The van der Waals surface area contributed by atoms with Crippen molar-refractivity contribution in [3.63, 3.8) is 0 Å². The molecule has 4 nitrogen and oxygen atoms in total. The summed E-state index contributed by atoms with van der Waals surface area (Å²) in [5.41, 5.74) is 2.51. The van der Waals surface area contributed by atoms with E-state index in [1.807, 2.05) is 12.1 Å². The number of hydrogen-bond acceptors (Lipinski definition) is 3. The van der Waals surface area contributed by atoms with Gasteiger partial charge in [-0.2, -0.15) is 0 Å². The maximum atomic E-state index is 12.4. The molecule has 1 fully saturated rings. The Hall–Kier alpha value is -0.910. The Morgan fingerprint density at radius 1 is 1.14 bits per heavy atom. The van der Waals surface area contributed by atoms with E-state index in [4.69, 9.17) is 0 Å². The molecule has 2 aliphatic rings. The van der Waals surface area contributed by atoms with Crippen LogP contribution < -0.4 is 10.0 Å². The van der Waals surface area contributed by atoms with Crippen molar-refractivity contribution in [2.24, 2.45) is 5.92 Å². The molecule has 0 unspecified atom stereocenters. The highest BCUT2D eigenvalue weighted by molar-refractivity contribution is 7.89. The van der Waals surface area contributed by atoms with Gasteiger partial charge >= 0.3 is 0 Å². The Kier molecular flexibility index (Phi) is 4.62. The van der Waals surface area contributed by atoms with E-state index in [2.05, 4.69) is 10.0 Å². The van der Waals surface area contributed by atoms with Crippen LogP contribution in [-0.2, 0) is 22.9 Å². The van der Waals surface area contributed by atoms with E-state index in [0.29, 0.717) is 17.4 Å². The molecule has 1 heterocycles. The van der Waals surface area contributed by atoms with Crippen molar-refractivity contribution in [2.75, 3.05) is 19.6 Å². The molecule has 0 atom stereocenters. The summed E-state index contributed by atoms with van der Waals surface area (Å²) in [6, 6.07) is 5.58. The molecule has 0 radical (unpaired) electrons. The number of fused-ring (bicyclic) bond motifs is 1. The molecule has 1 aromatic rings. The van der Waals surface area contributed by atoms with Crippen molar-refractivity contribution in [1.29, 1.82) is 0 Å². The summed E-state index contributed by atoms with van der Waals surface area (Å²) in [6.07, 6.45) is 6.47. The van der Waals surface area contributed by atoms with Crippen LogP contribution in [0, 0.1) is 5.92 Å². The molecule has 1 aliphatic heterocycles. The number of rotatable bonds is 5. The van der Waals surface area contributed by atoms with Crippen molar-refractivity contribution in [3.8, 4) is 0 Å². The van der Waals surface area contributed by atoms with E-state index < -0.39 is 10.0 Å². The van der Waals surface area contributed by atoms with E-state index >= 15 is 0 Å². The smallest absolute Gasteiger partial charge is 0.240 e. The lowest BCUT2D eigenvalue weighted by Crippen LogP contribution is -2.31. The molecule has 0 spiro atoms. The lowest BCUT2D eigenvalue weighted by atomic mass is 9.95. The van der Waals surface area contributed by atoms with E-state index in [9.17, 15) is 8.42 Å². The first-order valence-corrected chi connectivity index (χ1v) is 9.46. The van der Waals surface area contributed by atoms with Gasteiger partial charge in [-0.3, -0.25) is 0 Å². The summed E-state index contributed by atoms with van der Waals surface area (Å²) in [7, 11) is -3.35. The van der Waals surface area contributed by atoms with Crippen LogP contribution in [0.5, 0.6) is 0 Å². The van der Waals surface area contributed by atoms with Gasteiger partial charge in [-0.25, -0.2) is 13.1 Å². The topological polar surface area (TPSA) is 58.2 Å². The van der Waals surface area contributed by atoms with Gasteiger partial charge in [0.05, 0.1) is 4.90 Å². The fourth-order valence-electron chi connectivity index (χ4n) is 3.37. The van der Waals surface area contributed by atoms with E-state index in [-0.39, 0.29) is 0 Å². The molecular weight excluding hydrogens is 284 g/mol. The van der Waals surface area contributed by atoms with Gasteiger partial charge in [-0.05, 0) is 80.8 Å². The molecule has 1 saturated heterocycles. The first kappa shape index (κ1) is 15.0. The molecule has 3 rings (SSSR count). The molecule has 1 aromatic carbocycles. The largest absolute Gasteiger partial charge is 0.317 e. The summed E-state index contributed by atoms with van der Waals surface area (Å²) in [5, 5.41) is 3.33. The molecule has 1 aliphatic carbocycles. The lowest BCUT2D eigenvalue weighted by Gasteiger charge is -2.22. The predicted octanol–water partition coefficient (Wildman–Crippen LogP) is 1.84. The zero-order valence-electron chi connectivity index (χ0n) is 12.4. The molecular formula is C16H24N2O2S. The van der Waals surface area contributed by atoms with Crippen LogP contribution in [0.4, 0.5) is 0 Å². The van der Waals surface area contributed by atoms with Crippen LogP contribution >= 0.6 is 0 Å². The first-order chi connectivity index (χ1) is 10.1. The third kappa shape index (κ3) is 3.65. The van der Waals surface area contributed by atoms with Crippen molar-refractivity contribution in [2.45, 2.75) is 43.4 Å². The van der Waals surface area contributed by atoms with Gasteiger partial charge in [0.1, 0.15) is 0 Å². The third-order valence-electron chi connectivity index (χ3n) is 4.68. The third-order valence-corrected chi connectivity index (χ3v) is 6.14. The number of nitrogens with one attached hydrogen (secondary N) is 2. The summed E-state index contributed by atoms with van der Waals surface area (Å²) in [6.45, 7) is 2.66. The maximum absolute atomic E-state index is 12.4. The standard InChI is InChI=1S/C16H24N2O2S/c19-21(20,18-11-8-13-6-9-17-10-7-13)16-5-4-14-2-1-3-15(14)12-16/h4-5,12-13,17-18H,1-3,6-11H2. The summed E-state index contributed by atoms with van der Waals surface area (Å²) >= 11 is 0. The summed E-state index contributed by atoms with van der Waals surface area (Å²) in [5.74, 6) is 0.647. The van der Waals surface area contributed by atoms with Crippen molar-refractivity contribution in [3.05, 3.63) is 29.3 Å². The zero-order chi connectivity index (χ0) is 14.7. The Morgan fingerprint density at radius 2 is 1.90 bits per heavy atom. The Bertz CT molecular complexity index is 592. The summed E-state index contributed by atoms with van der Waals surface area (Å²) < 4.78 is 27.5. The average molecular weight is 308 g/mol. The highest BCUT2D eigenvalue weighted by atomic mass is 32.2. The quantitative estimate of drug-likeness (QED) is 0.873. The predicted molar refractivity (Wildman–Crippen MR) is 83.9 cm³/mol. The number of sulfonamides is 1. The maximum Gasteiger partial charge on any atom is 0.240 e. The van der Waals surface area contributed by atoms with Gasteiger partial charge in [0.2, 0.25) is 10.0 Å². The zero-order valence-corrected chi connectivity index (χ0v) is 13.2. The van der Waals surface area contributed by atoms with Gasteiger partial charge in [0, 0.05) is 6.54 Å². The monoisotopic (exact) mass is 308 g/mol. The SMILES string of the molecule is O=S(=O)(NCCC1CCNCC1)c1ccc2c(c1)CCC2. The Balaban J connectivity index is 1.58. The number of aryl methyl sites for hydroxylation is 2. The van der Waals surface area contributed by atoms with Crippen molar-refractivity contribution < 1.29 is 8.42 Å². The van der Waals surface area contributed by atoms with E-state index in [0.717, 1.165) is 51.6 Å². The minimum absolute atomic E-state index is 0.425. The second kappa shape index (κ2) is 6.46. The molecule has 2 N–H and O–H groups in total. The second-order valence-electron chi connectivity index (χ2n) is 6.16. The second-order valence-corrected chi connectivity index (χ2v) is 7.93. The molecule has 0 amide bonds. The summed E-state index contributed by atoms with van der Waals surface area (Å²) in [4.78, 5) is 0.425. The number of piperidine rings is 1. The fraction of sp³-hybridized carbons (Fsp3) is 0.625. The van der Waals surface area contributed by atoms with E-state index in [1.54, 1.807) is 6.07 Å². The van der Waals surface area contributed by atoms with Crippen molar-refractivity contribution >= 4 is 10.0 Å². The van der Waals surface area contributed by atoms with Crippen LogP contribution in [0.15, 0.2) is 23.1 Å². The normalized spacial score (nSPS) is 19.6. The minimum atomic E-state index is -3.35. The minimum Gasteiger partial charge on any atom is -0.317 e. The molecule has 116 valence electrons. The molecule has 0 aromatic heterocycles. The van der Waals surface area contributed by atoms with E-state index in [1.165, 1.54) is 11.1 Å². The fourth-order valence-corrected chi connectivity index (χ4v) is 4.46. The molecule has 0 saturated carbocycles. The van der Waals surface area contributed by atoms with Crippen LogP contribution in [0.2, 0.25) is 0 Å². The Morgan fingerprint density at radius 3 is 2.71 bits per heavy atom. The average Bonchev–Trinajstić information content (AvgIpc) is 2.95. The highest BCUT2D eigenvalue weighted by Crippen LogP contribution is 2.24. The van der Waals surface area contributed by atoms with Gasteiger partial charge in [0.15, 0.2) is 0 Å². The van der Waals surface area contributed by atoms with Crippen LogP contribution in [-0.4, -0.2) is 28.1 Å². The number of hydrogen-bond donors (Lipinski definition) is 2. The molecule has 5 heteroatoms. The lowest BCUT2D eigenvalue weighted by molar-refractivity contribution is 0.354. The van der Waals surface area contributed by atoms with Gasteiger partial charge in [-0.15, -0.1) is 0 Å². The molecule has 0 bridgehead atoms. The first-order valence-electron chi connectivity index (χ1n) is 7.97.